The molecule has 3 nitrogen and oxygen atoms in total. The van der Waals surface area contributed by atoms with Gasteiger partial charge in [0, 0.05) is 54.0 Å². The predicted molar refractivity (Wildman–Crippen MR) is 169 cm³/mol. The Labute approximate surface area is 258 Å². The molecular formula is C35H44IrNO2S-. The molecule has 0 aliphatic heterocycles. The Bertz CT molecular complexity index is 1440. The number of aromatic nitrogens is 1. The van der Waals surface area contributed by atoms with Crippen molar-refractivity contribution < 1.29 is 30.0 Å². The first-order chi connectivity index (χ1) is 18.5. The van der Waals surface area contributed by atoms with E-state index in [-0.39, 0.29) is 48.9 Å². The number of hydrogen-bond acceptors (Lipinski definition) is 4. The van der Waals surface area contributed by atoms with E-state index in [1.807, 2.05) is 27.7 Å². The van der Waals surface area contributed by atoms with Gasteiger partial charge in [-0.15, -0.1) is 40.5 Å². The summed E-state index contributed by atoms with van der Waals surface area (Å²) in [4.78, 5) is 19.0. The Morgan fingerprint density at radius 3 is 2.20 bits per heavy atom. The van der Waals surface area contributed by atoms with Crippen LogP contribution in [0.4, 0.5) is 0 Å². The van der Waals surface area contributed by atoms with Crippen molar-refractivity contribution in [3.05, 3.63) is 76.9 Å². The van der Waals surface area contributed by atoms with Gasteiger partial charge < -0.3 is 5.11 Å². The number of benzene rings is 2. The van der Waals surface area contributed by atoms with E-state index < -0.39 is 0 Å². The Balaban J connectivity index is 0.000000307. The number of aryl methyl sites for hydroxylation is 1. The number of pyridine rings is 1. The number of allylic oxidation sites excluding steroid dienone is 2. The number of fused-ring (bicyclic) bond motifs is 2. The van der Waals surface area contributed by atoms with Crippen LogP contribution in [0.25, 0.3) is 32.2 Å². The van der Waals surface area contributed by atoms with Crippen LogP contribution in [-0.2, 0) is 30.3 Å². The number of aliphatic hydroxyl groups is 1. The first-order valence-corrected chi connectivity index (χ1v) is 15.1. The molecule has 0 aliphatic rings. The SMILES string of the molecule is CCC(CC)C(=O)/C=C(\O)C(CC)CC.Cc1cc2ccc(-c3[c-]c4ccccc4c(C(C)(C)C)c3)nc2s1.[Ir]. The molecule has 4 aromatic rings. The number of thiophene rings is 1. The predicted octanol–water partition coefficient (Wildman–Crippen LogP) is 10.4. The maximum atomic E-state index is 11.7. The minimum absolute atomic E-state index is 0. The Morgan fingerprint density at radius 2 is 1.60 bits per heavy atom. The van der Waals surface area contributed by atoms with Gasteiger partial charge in [-0.3, -0.25) is 9.78 Å². The van der Waals surface area contributed by atoms with Crippen LogP contribution in [0.3, 0.4) is 0 Å². The van der Waals surface area contributed by atoms with Crippen LogP contribution in [-0.4, -0.2) is 15.9 Å². The summed E-state index contributed by atoms with van der Waals surface area (Å²) in [5, 5.41) is 13.4. The van der Waals surface area contributed by atoms with Crippen molar-refractivity contribution in [2.45, 2.75) is 86.5 Å². The second-order valence-electron chi connectivity index (χ2n) is 11.3. The summed E-state index contributed by atoms with van der Waals surface area (Å²) >= 11 is 1.75. The van der Waals surface area contributed by atoms with Crippen molar-refractivity contribution >= 4 is 38.1 Å². The Morgan fingerprint density at radius 1 is 0.975 bits per heavy atom. The Hall–Kier alpha value is -2.33. The van der Waals surface area contributed by atoms with E-state index in [2.05, 4.69) is 82.3 Å². The molecule has 4 rings (SSSR count). The molecule has 1 N–H and O–H groups in total. The van der Waals surface area contributed by atoms with Crippen LogP contribution >= 0.6 is 11.3 Å². The molecule has 40 heavy (non-hydrogen) atoms. The molecule has 2 aromatic heterocycles. The average Bonchev–Trinajstić information content (AvgIpc) is 3.28. The van der Waals surface area contributed by atoms with E-state index in [1.54, 1.807) is 11.3 Å². The first kappa shape index (κ1) is 33.9. The molecule has 0 amide bonds. The molecule has 0 unspecified atom stereocenters. The largest absolute Gasteiger partial charge is 0.512 e. The van der Waals surface area contributed by atoms with Gasteiger partial charge >= 0.3 is 0 Å². The van der Waals surface area contributed by atoms with E-state index in [4.69, 9.17) is 4.98 Å². The van der Waals surface area contributed by atoms with E-state index in [9.17, 15) is 9.90 Å². The molecule has 5 heteroatoms. The van der Waals surface area contributed by atoms with Gasteiger partial charge in [0.05, 0.1) is 5.76 Å². The zero-order valence-electron chi connectivity index (χ0n) is 25.2. The fourth-order valence-corrected chi connectivity index (χ4v) is 5.84. The molecule has 1 radical (unpaired) electrons. The van der Waals surface area contributed by atoms with E-state index in [1.165, 1.54) is 27.3 Å². The van der Waals surface area contributed by atoms with Crippen LogP contribution < -0.4 is 0 Å². The van der Waals surface area contributed by atoms with Crippen molar-refractivity contribution in [2.75, 3.05) is 0 Å². The average molecular weight is 735 g/mol. The molecule has 0 fully saturated rings. The van der Waals surface area contributed by atoms with Crippen LogP contribution in [0.2, 0.25) is 0 Å². The minimum Gasteiger partial charge on any atom is -0.512 e. The zero-order valence-corrected chi connectivity index (χ0v) is 28.4. The number of rotatable bonds is 8. The van der Waals surface area contributed by atoms with Crippen molar-refractivity contribution in [1.82, 2.24) is 4.98 Å². The summed E-state index contributed by atoms with van der Waals surface area (Å²) in [5.41, 5.74) is 3.50. The van der Waals surface area contributed by atoms with Crippen LogP contribution in [0, 0.1) is 24.8 Å². The standard InChI is InChI=1S/C22H20NS.C13H24O2.Ir/c1-14-11-16-9-10-20(23-21(16)24-14)17-12-15-7-5-6-8-18(15)19(13-17)22(2,3)4;1-5-10(6-2)12(14)9-13(15)11(7-3)8-4;/h5-11,13H,1-4H3;9-11,14H,5-8H2,1-4H3;/q-1;;/b;12-9-;. The Kier molecular flexibility index (Phi) is 12.7. The molecule has 0 bridgehead atoms. The second kappa shape index (κ2) is 15.1. The molecule has 217 valence electrons. The van der Waals surface area contributed by atoms with Gasteiger partial charge in [-0.25, -0.2) is 0 Å². The molecule has 0 saturated carbocycles. The summed E-state index contributed by atoms with van der Waals surface area (Å²) in [6.07, 6.45) is 4.91. The molecule has 0 atom stereocenters. The fraction of sp³-hybridized carbons (Fsp3) is 0.429. The monoisotopic (exact) mass is 735 g/mol. The molecule has 0 aliphatic carbocycles. The number of ketones is 1. The van der Waals surface area contributed by atoms with E-state index >= 15 is 0 Å². The smallest absolute Gasteiger partial charge is 0.162 e. The van der Waals surface area contributed by atoms with Crippen LogP contribution in [0.15, 0.2) is 60.4 Å². The molecule has 2 aromatic carbocycles. The third-order valence-electron chi connectivity index (χ3n) is 7.45. The molecule has 2 heterocycles. The van der Waals surface area contributed by atoms with E-state index in [0.29, 0.717) is 0 Å². The van der Waals surface area contributed by atoms with Gasteiger partial charge in [-0.05, 0) is 44.1 Å². The second-order valence-corrected chi connectivity index (χ2v) is 12.6. The number of nitrogens with zero attached hydrogens (tertiary/aromatic N) is 1. The van der Waals surface area contributed by atoms with Crippen molar-refractivity contribution in [2.24, 2.45) is 11.8 Å². The summed E-state index contributed by atoms with van der Waals surface area (Å²) in [5.74, 6) is 0.547. The van der Waals surface area contributed by atoms with Crippen molar-refractivity contribution in [1.29, 1.82) is 0 Å². The number of hydrogen-bond donors (Lipinski definition) is 1. The van der Waals surface area contributed by atoms with Crippen molar-refractivity contribution in [3.8, 4) is 11.3 Å². The zero-order chi connectivity index (χ0) is 28.7. The normalized spacial score (nSPS) is 12.0. The van der Waals surface area contributed by atoms with Gasteiger partial charge in [0.25, 0.3) is 0 Å². The van der Waals surface area contributed by atoms with Crippen LogP contribution in [0.5, 0.6) is 0 Å². The quantitative estimate of drug-likeness (QED) is 0.111. The maximum absolute atomic E-state index is 11.7. The fourth-order valence-electron chi connectivity index (χ4n) is 4.96. The van der Waals surface area contributed by atoms with Gasteiger partial charge in [-0.2, -0.15) is 0 Å². The summed E-state index contributed by atoms with van der Waals surface area (Å²) < 4.78 is 0. The molecule has 0 spiro atoms. The third kappa shape index (κ3) is 8.35. The van der Waals surface area contributed by atoms with Gasteiger partial charge in [-0.1, -0.05) is 89.7 Å². The third-order valence-corrected chi connectivity index (χ3v) is 8.41. The van der Waals surface area contributed by atoms with E-state index in [0.717, 1.165) is 47.2 Å². The maximum Gasteiger partial charge on any atom is 0.162 e. The van der Waals surface area contributed by atoms with Gasteiger partial charge in [0.1, 0.15) is 4.83 Å². The van der Waals surface area contributed by atoms with Gasteiger partial charge in [0.2, 0.25) is 0 Å². The topological polar surface area (TPSA) is 50.2 Å². The minimum atomic E-state index is 0. The number of aliphatic hydroxyl groups excluding tert-OH is 1. The van der Waals surface area contributed by atoms with Gasteiger partial charge in [0.15, 0.2) is 5.78 Å². The first-order valence-electron chi connectivity index (χ1n) is 14.3. The summed E-state index contributed by atoms with van der Waals surface area (Å²) in [6.45, 7) is 17.0. The summed E-state index contributed by atoms with van der Waals surface area (Å²) in [7, 11) is 0. The number of carbonyl (C=O) groups excluding carboxylic acids is 1. The number of carbonyl (C=O) groups is 1. The molecular weight excluding hydrogens is 691 g/mol. The summed E-state index contributed by atoms with van der Waals surface area (Å²) in [6, 6.07) is 20.8. The molecule has 0 saturated heterocycles. The van der Waals surface area contributed by atoms with Crippen molar-refractivity contribution in [3.63, 3.8) is 0 Å². The van der Waals surface area contributed by atoms with Crippen LogP contribution in [0.1, 0.15) is 84.6 Å².